The van der Waals surface area contributed by atoms with Crippen LogP contribution >= 0.6 is 15.9 Å². The molecule has 0 amide bonds. The minimum Gasteiger partial charge on any atom is -0.493 e. The van der Waals surface area contributed by atoms with Crippen LogP contribution in [0.5, 0.6) is 5.75 Å². The van der Waals surface area contributed by atoms with Crippen LogP contribution in [-0.4, -0.2) is 6.61 Å². The number of rotatable bonds is 3. The molecule has 1 unspecified atom stereocenters. The smallest absolute Gasteiger partial charge is 0.129 e. The van der Waals surface area contributed by atoms with E-state index in [1.807, 2.05) is 12.1 Å². The molecule has 0 saturated heterocycles. The lowest BCUT2D eigenvalue weighted by atomic mass is 9.99. The van der Waals surface area contributed by atoms with Crippen molar-refractivity contribution < 1.29 is 13.5 Å². The van der Waals surface area contributed by atoms with Gasteiger partial charge in [-0.1, -0.05) is 34.1 Å². The first-order chi connectivity index (χ1) is 10.1. The normalized spacial score (nSPS) is 15.2. The van der Waals surface area contributed by atoms with E-state index in [1.54, 1.807) is 0 Å². The molecule has 1 heterocycles. The maximum absolute atomic E-state index is 13.7. The van der Waals surface area contributed by atoms with Gasteiger partial charge in [-0.2, -0.15) is 0 Å². The van der Waals surface area contributed by atoms with Gasteiger partial charge in [-0.05, 0) is 48.1 Å². The molecule has 0 spiro atoms. The first-order valence-electron chi connectivity index (χ1n) is 6.97. The Morgan fingerprint density at radius 3 is 2.81 bits per heavy atom. The summed E-state index contributed by atoms with van der Waals surface area (Å²) in [4.78, 5) is -0.00955. The Labute approximate surface area is 131 Å². The van der Waals surface area contributed by atoms with Gasteiger partial charge >= 0.3 is 0 Å². The summed E-state index contributed by atoms with van der Waals surface area (Å²) >= 11 is 3.60. The van der Waals surface area contributed by atoms with Crippen molar-refractivity contribution in [3.05, 3.63) is 64.7 Å². The molecule has 1 aliphatic rings. The predicted octanol–water partition coefficient (Wildman–Crippen LogP) is 4.97. The zero-order chi connectivity index (χ0) is 14.8. The molecule has 0 radical (unpaired) electrons. The van der Waals surface area contributed by atoms with Crippen molar-refractivity contribution in [1.29, 1.82) is 0 Å². The van der Waals surface area contributed by atoms with Crippen molar-refractivity contribution in [3.8, 4) is 5.75 Å². The lowest BCUT2D eigenvalue weighted by Gasteiger charge is -2.19. The summed E-state index contributed by atoms with van der Waals surface area (Å²) in [6.07, 6.45) is 2.51. The van der Waals surface area contributed by atoms with Crippen LogP contribution in [0, 0.1) is 11.6 Å². The van der Waals surface area contributed by atoms with Gasteiger partial charge in [0.1, 0.15) is 17.4 Å². The van der Waals surface area contributed by atoms with E-state index in [9.17, 15) is 8.78 Å². The first kappa shape index (κ1) is 14.5. The zero-order valence-electron chi connectivity index (χ0n) is 11.4. The second kappa shape index (κ2) is 6.14. The highest BCUT2D eigenvalue weighted by Crippen LogP contribution is 2.33. The molecule has 3 rings (SSSR count). The van der Waals surface area contributed by atoms with Gasteiger partial charge in [0.05, 0.1) is 6.61 Å². The van der Waals surface area contributed by atoms with Gasteiger partial charge in [-0.25, -0.2) is 8.78 Å². The molecule has 1 atom stereocenters. The number of hydrogen-bond acceptors (Lipinski definition) is 1. The second-order valence-corrected chi connectivity index (χ2v) is 6.33. The van der Waals surface area contributed by atoms with E-state index < -0.39 is 11.6 Å². The Kier molecular flexibility index (Phi) is 4.24. The molecule has 0 bridgehead atoms. The quantitative estimate of drug-likeness (QED) is 0.708. The molecule has 1 nitrogen and oxygen atoms in total. The zero-order valence-corrected chi connectivity index (χ0v) is 13.0. The highest BCUT2D eigenvalue weighted by molar-refractivity contribution is 9.09. The van der Waals surface area contributed by atoms with Crippen LogP contribution in [0.1, 0.15) is 27.9 Å². The summed E-state index contributed by atoms with van der Waals surface area (Å²) in [5.41, 5.74) is 2.79. The third-order valence-electron chi connectivity index (χ3n) is 3.71. The fourth-order valence-corrected chi connectivity index (χ4v) is 3.21. The Morgan fingerprint density at radius 1 is 1.14 bits per heavy atom. The highest BCUT2D eigenvalue weighted by atomic mass is 79.9. The Bertz CT molecular complexity index is 657. The number of ether oxygens (including phenoxy) is 1. The Hall–Kier alpha value is -1.42. The third kappa shape index (κ3) is 3.26. The predicted molar refractivity (Wildman–Crippen MR) is 82.0 cm³/mol. The van der Waals surface area contributed by atoms with E-state index in [1.165, 1.54) is 17.7 Å². The first-order valence-corrected chi connectivity index (χ1v) is 7.88. The van der Waals surface area contributed by atoms with Crippen LogP contribution in [0.3, 0.4) is 0 Å². The van der Waals surface area contributed by atoms with Gasteiger partial charge < -0.3 is 4.74 Å². The van der Waals surface area contributed by atoms with Crippen molar-refractivity contribution in [2.75, 3.05) is 6.61 Å². The third-order valence-corrected chi connectivity index (χ3v) is 4.56. The Balaban J connectivity index is 1.80. The van der Waals surface area contributed by atoms with E-state index in [2.05, 4.69) is 22.0 Å². The number of benzene rings is 2. The molecule has 0 aromatic heterocycles. The van der Waals surface area contributed by atoms with Crippen molar-refractivity contribution in [2.24, 2.45) is 0 Å². The number of halogens is 3. The molecular formula is C17H15BrF2O. The summed E-state index contributed by atoms with van der Waals surface area (Å²) < 4.78 is 32.2. The van der Waals surface area contributed by atoms with Gasteiger partial charge in [0.15, 0.2) is 0 Å². The molecule has 21 heavy (non-hydrogen) atoms. The summed E-state index contributed by atoms with van der Waals surface area (Å²) in [5, 5.41) is 0. The number of alkyl halides is 1. The monoisotopic (exact) mass is 352 g/mol. The largest absolute Gasteiger partial charge is 0.493 e. The van der Waals surface area contributed by atoms with Crippen LogP contribution in [0.25, 0.3) is 0 Å². The van der Waals surface area contributed by atoms with Gasteiger partial charge in [0.25, 0.3) is 0 Å². The standard InChI is InChI=1S/C17H15BrF2O/c18-15(9-12-3-5-14(19)10-16(12)20)11-4-6-17-13(8-11)2-1-7-21-17/h3-6,8,10,15H,1-2,7,9H2. The minimum absolute atomic E-state index is 0.00955. The lowest BCUT2D eigenvalue weighted by Crippen LogP contribution is -2.09. The van der Waals surface area contributed by atoms with Crippen LogP contribution in [0.4, 0.5) is 8.78 Å². The van der Waals surface area contributed by atoms with E-state index in [4.69, 9.17) is 4.74 Å². The molecule has 0 fully saturated rings. The van der Waals surface area contributed by atoms with E-state index >= 15 is 0 Å². The van der Waals surface area contributed by atoms with Gasteiger partial charge in [-0.3, -0.25) is 0 Å². The lowest BCUT2D eigenvalue weighted by molar-refractivity contribution is 0.288. The number of hydrogen-bond donors (Lipinski definition) is 0. The molecule has 0 N–H and O–H groups in total. The topological polar surface area (TPSA) is 9.23 Å². The van der Waals surface area contributed by atoms with Crippen LogP contribution in [0.2, 0.25) is 0 Å². The number of aryl methyl sites for hydroxylation is 1. The van der Waals surface area contributed by atoms with Crippen molar-refractivity contribution in [2.45, 2.75) is 24.1 Å². The van der Waals surface area contributed by atoms with Crippen molar-refractivity contribution in [3.63, 3.8) is 0 Å². The van der Waals surface area contributed by atoms with E-state index in [0.29, 0.717) is 12.0 Å². The second-order valence-electron chi connectivity index (χ2n) is 5.23. The maximum Gasteiger partial charge on any atom is 0.129 e. The fourth-order valence-electron chi connectivity index (χ4n) is 2.57. The van der Waals surface area contributed by atoms with Gasteiger partial charge in [-0.15, -0.1) is 0 Å². The molecule has 2 aromatic carbocycles. The minimum atomic E-state index is -0.548. The summed E-state index contributed by atoms with van der Waals surface area (Å²) in [6, 6.07) is 9.79. The van der Waals surface area contributed by atoms with Crippen molar-refractivity contribution in [1.82, 2.24) is 0 Å². The molecular weight excluding hydrogens is 338 g/mol. The van der Waals surface area contributed by atoms with Crippen molar-refractivity contribution >= 4 is 15.9 Å². The summed E-state index contributed by atoms with van der Waals surface area (Å²) in [5.74, 6) is -0.105. The van der Waals surface area contributed by atoms with Crippen LogP contribution < -0.4 is 4.74 Å². The SMILES string of the molecule is Fc1ccc(CC(Br)c2ccc3c(c2)CCCO3)c(F)c1. The van der Waals surface area contributed by atoms with Gasteiger partial charge in [0.2, 0.25) is 0 Å². The molecule has 0 saturated carbocycles. The highest BCUT2D eigenvalue weighted by Gasteiger charge is 2.16. The van der Waals surface area contributed by atoms with Crippen LogP contribution in [0.15, 0.2) is 36.4 Å². The molecule has 1 aliphatic heterocycles. The molecule has 2 aromatic rings. The fraction of sp³-hybridized carbons (Fsp3) is 0.294. The number of fused-ring (bicyclic) bond motifs is 1. The molecule has 110 valence electrons. The van der Waals surface area contributed by atoms with Crippen LogP contribution in [-0.2, 0) is 12.8 Å². The van der Waals surface area contributed by atoms with E-state index in [-0.39, 0.29) is 4.83 Å². The molecule has 4 heteroatoms. The van der Waals surface area contributed by atoms with E-state index in [0.717, 1.165) is 36.8 Å². The average Bonchev–Trinajstić information content (AvgIpc) is 2.49. The maximum atomic E-state index is 13.7. The Morgan fingerprint density at radius 2 is 2.00 bits per heavy atom. The summed E-state index contributed by atoms with van der Waals surface area (Å²) in [6.45, 7) is 0.769. The summed E-state index contributed by atoms with van der Waals surface area (Å²) in [7, 11) is 0. The molecule has 0 aliphatic carbocycles. The average molecular weight is 353 g/mol. The van der Waals surface area contributed by atoms with Gasteiger partial charge in [0, 0.05) is 10.9 Å².